The van der Waals surface area contributed by atoms with Crippen LogP contribution >= 0.6 is 0 Å². The molecule has 1 fully saturated rings. The molecule has 0 atom stereocenters. The van der Waals surface area contributed by atoms with Gasteiger partial charge in [-0.2, -0.15) is 0 Å². The van der Waals surface area contributed by atoms with Crippen LogP contribution in [0.15, 0.2) is 30.5 Å². The molecule has 0 saturated heterocycles. The van der Waals surface area contributed by atoms with E-state index in [-0.39, 0.29) is 0 Å². The third-order valence-corrected chi connectivity index (χ3v) is 3.78. The number of rotatable bonds is 8. The smallest absolute Gasteiger partial charge is 0.133 e. The third-order valence-electron chi connectivity index (χ3n) is 3.78. The highest BCUT2D eigenvalue weighted by Crippen LogP contribution is 2.28. The zero-order valence-electron chi connectivity index (χ0n) is 12.5. The maximum atomic E-state index is 5.64. The SMILES string of the molecule is COc1ccc2ccnc(NCCCOCC3CC3)c2c1. The highest BCUT2D eigenvalue weighted by molar-refractivity contribution is 5.92. The van der Waals surface area contributed by atoms with Gasteiger partial charge in [0.2, 0.25) is 0 Å². The van der Waals surface area contributed by atoms with Crippen LogP contribution in [0, 0.1) is 5.92 Å². The molecule has 1 aliphatic rings. The first kappa shape index (κ1) is 14.1. The van der Waals surface area contributed by atoms with Gasteiger partial charge in [-0.25, -0.2) is 4.98 Å². The Morgan fingerprint density at radius 1 is 1.29 bits per heavy atom. The minimum atomic E-state index is 0.817. The summed E-state index contributed by atoms with van der Waals surface area (Å²) < 4.78 is 10.9. The predicted octanol–water partition coefficient (Wildman–Crippen LogP) is 3.47. The second-order valence-corrected chi connectivity index (χ2v) is 5.55. The van der Waals surface area contributed by atoms with Crippen LogP contribution < -0.4 is 10.1 Å². The van der Waals surface area contributed by atoms with Gasteiger partial charge in [-0.1, -0.05) is 6.07 Å². The first-order valence-electron chi connectivity index (χ1n) is 7.61. The Morgan fingerprint density at radius 2 is 2.19 bits per heavy atom. The monoisotopic (exact) mass is 286 g/mol. The first-order valence-corrected chi connectivity index (χ1v) is 7.61. The van der Waals surface area contributed by atoms with E-state index >= 15 is 0 Å². The molecule has 1 aromatic carbocycles. The summed E-state index contributed by atoms with van der Waals surface area (Å²) >= 11 is 0. The average Bonchev–Trinajstić information content (AvgIpc) is 3.34. The molecular formula is C17H22N2O2. The third kappa shape index (κ3) is 3.85. The van der Waals surface area contributed by atoms with Gasteiger partial charge in [0, 0.05) is 31.3 Å². The molecule has 1 saturated carbocycles. The van der Waals surface area contributed by atoms with Crippen molar-refractivity contribution in [1.82, 2.24) is 4.98 Å². The van der Waals surface area contributed by atoms with Crippen LogP contribution in [0.5, 0.6) is 5.75 Å². The van der Waals surface area contributed by atoms with E-state index in [4.69, 9.17) is 9.47 Å². The number of hydrogen-bond donors (Lipinski definition) is 1. The number of pyridine rings is 1. The van der Waals surface area contributed by atoms with Crippen LogP contribution in [0.3, 0.4) is 0 Å². The number of nitrogens with zero attached hydrogens (tertiary/aromatic N) is 1. The molecule has 4 nitrogen and oxygen atoms in total. The summed E-state index contributed by atoms with van der Waals surface area (Å²) in [6.45, 7) is 2.62. The van der Waals surface area contributed by atoms with Gasteiger partial charge >= 0.3 is 0 Å². The van der Waals surface area contributed by atoms with E-state index in [1.54, 1.807) is 7.11 Å². The standard InChI is InChI=1S/C17H22N2O2/c1-20-15-6-5-14-7-9-19-17(16(14)11-15)18-8-2-10-21-12-13-3-4-13/h5-7,9,11,13H,2-4,8,10,12H2,1H3,(H,18,19). The molecule has 4 heteroatoms. The number of anilines is 1. The number of hydrogen-bond acceptors (Lipinski definition) is 4. The maximum Gasteiger partial charge on any atom is 0.133 e. The lowest BCUT2D eigenvalue weighted by Crippen LogP contribution is -2.08. The summed E-state index contributed by atoms with van der Waals surface area (Å²) in [5.74, 6) is 2.60. The van der Waals surface area contributed by atoms with Gasteiger partial charge in [0.05, 0.1) is 7.11 Å². The minimum Gasteiger partial charge on any atom is -0.497 e. The van der Waals surface area contributed by atoms with Crippen LogP contribution in [0.1, 0.15) is 19.3 Å². The van der Waals surface area contributed by atoms with Crippen molar-refractivity contribution < 1.29 is 9.47 Å². The Morgan fingerprint density at radius 3 is 3.00 bits per heavy atom. The molecule has 1 heterocycles. The van der Waals surface area contributed by atoms with Gasteiger partial charge < -0.3 is 14.8 Å². The van der Waals surface area contributed by atoms with Crippen LogP contribution in [-0.4, -0.2) is 31.9 Å². The lowest BCUT2D eigenvalue weighted by molar-refractivity contribution is 0.124. The van der Waals surface area contributed by atoms with Crippen LogP contribution in [-0.2, 0) is 4.74 Å². The minimum absolute atomic E-state index is 0.817. The molecule has 112 valence electrons. The number of ether oxygens (including phenoxy) is 2. The highest BCUT2D eigenvalue weighted by atomic mass is 16.5. The first-order chi connectivity index (χ1) is 10.4. The van der Waals surface area contributed by atoms with Crippen molar-refractivity contribution in [3.8, 4) is 5.75 Å². The normalized spacial score (nSPS) is 14.3. The van der Waals surface area contributed by atoms with Crippen LogP contribution in [0.4, 0.5) is 5.82 Å². The molecule has 0 radical (unpaired) electrons. The molecule has 1 N–H and O–H groups in total. The second kappa shape index (κ2) is 6.76. The lowest BCUT2D eigenvalue weighted by atomic mass is 10.1. The topological polar surface area (TPSA) is 43.4 Å². The van der Waals surface area contributed by atoms with Gasteiger partial charge in [0.1, 0.15) is 11.6 Å². The molecule has 0 amide bonds. The van der Waals surface area contributed by atoms with E-state index in [2.05, 4.69) is 16.4 Å². The van der Waals surface area contributed by atoms with Crippen molar-refractivity contribution in [2.24, 2.45) is 5.92 Å². The second-order valence-electron chi connectivity index (χ2n) is 5.55. The van der Waals surface area contributed by atoms with Gasteiger partial charge in [-0.3, -0.25) is 0 Å². The highest BCUT2D eigenvalue weighted by Gasteiger charge is 2.20. The zero-order valence-corrected chi connectivity index (χ0v) is 12.5. The number of methoxy groups -OCH3 is 1. The quantitative estimate of drug-likeness (QED) is 0.755. The van der Waals surface area contributed by atoms with E-state index in [9.17, 15) is 0 Å². The Bertz CT molecular complexity index is 596. The maximum absolute atomic E-state index is 5.64. The number of aromatic nitrogens is 1. The Balaban J connectivity index is 1.54. The van der Waals surface area contributed by atoms with Crippen LogP contribution in [0.25, 0.3) is 10.8 Å². The largest absolute Gasteiger partial charge is 0.497 e. The van der Waals surface area contributed by atoms with E-state index in [1.165, 1.54) is 18.2 Å². The summed E-state index contributed by atoms with van der Waals surface area (Å²) in [4.78, 5) is 4.43. The fourth-order valence-electron chi connectivity index (χ4n) is 2.33. The van der Waals surface area contributed by atoms with Crippen molar-refractivity contribution >= 4 is 16.6 Å². The number of nitrogens with one attached hydrogen (secondary N) is 1. The van der Waals surface area contributed by atoms with Crippen molar-refractivity contribution in [3.63, 3.8) is 0 Å². The molecule has 0 spiro atoms. The summed E-state index contributed by atoms with van der Waals surface area (Å²) in [5, 5.41) is 5.65. The molecular weight excluding hydrogens is 264 g/mol. The summed E-state index contributed by atoms with van der Waals surface area (Å²) in [6, 6.07) is 8.06. The van der Waals surface area contributed by atoms with Gasteiger partial charge in [0.25, 0.3) is 0 Å². The summed E-state index contributed by atoms with van der Waals surface area (Å²) in [6.07, 6.45) is 5.52. The molecule has 0 unspecified atom stereocenters. The molecule has 1 aromatic heterocycles. The van der Waals surface area contributed by atoms with Gasteiger partial charge in [-0.05, 0) is 48.8 Å². The molecule has 1 aliphatic carbocycles. The lowest BCUT2D eigenvalue weighted by Gasteiger charge is -2.10. The zero-order chi connectivity index (χ0) is 14.5. The molecule has 21 heavy (non-hydrogen) atoms. The summed E-state index contributed by atoms with van der Waals surface area (Å²) in [7, 11) is 1.68. The van der Waals surface area contributed by atoms with Crippen molar-refractivity contribution in [1.29, 1.82) is 0 Å². The van der Waals surface area contributed by atoms with Crippen LogP contribution in [0.2, 0.25) is 0 Å². The summed E-state index contributed by atoms with van der Waals surface area (Å²) in [5.41, 5.74) is 0. The average molecular weight is 286 g/mol. The van der Waals surface area contributed by atoms with E-state index < -0.39 is 0 Å². The van der Waals surface area contributed by atoms with Crippen molar-refractivity contribution in [2.75, 3.05) is 32.2 Å². The number of benzene rings is 1. The molecule has 3 rings (SSSR count). The predicted molar refractivity (Wildman–Crippen MR) is 84.9 cm³/mol. The Hall–Kier alpha value is -1.81. The Kier molecular flexibility index (Phi) is 4.55. The van der Waals surface area contributed by atoms with Crippen molar-refractivity contribution in [3.05, 3.63) is 30.5 Å². The fraction of sp³-hybridized carbons (Fsp3) is 0.471. The number of fused-ring (bicyclic) bond motifs is 1. The van der Waals surface area contributed by atoms with E-state index in [0.29, 0.717) is 0 Å². The van der Waals surface area contributed by atoms with Crippen molar-refractivity contribution in [2.45, 2.75) is 19.3 Å². The molecule has 0 bridgehead atoms. The van der Waals surface area contributed by atoms with E-state index in [0.717, 1.165) is 49.1 Å². The molecule has 2 aromatic rings. The van der Waals surface area contributed by atoms with Gasteiger partial charge in [-0.15, -0.1) is 0 Å². The fourth-order valence-corrected chi connectivity index (χ4v) is 2.33. The molecule has 0 aliphatic heterocycles. The Labute approximate surface area is 125 Å². The van der Waals surface area contributed by atoms with E-state index in [1.807, 2.05) is 24.4 Å². The van der Waals surface area contributed by atoms with Gasteiger partial charge in [0.15, 0.2) is 0 Å².